The van der Waals surface area contributed by atoms with Crippen LogP contribution in [0.3, 0.4) is 0 Å². The second-order valence-corrected chi connectivity index (χ2v) is 5.91. The van der Waals surface area contributed by atoms with Crippen molar-refractivity contribution in [3.63, 3.8) is 0 Å². The summed E-state index contributed by atoms with van der Waals surface area (Å²) in [5, 5.41) is 12.1. The van der Waals surface area contributed by atoms with E-state index in [0.717, 1.165) is 12.1 Å². The summed E-state index contributed by atoms with van der Waals surface area (Å²) in [6.45, 7) is 1.93. The van der Waals surface area contributed by atoms with Gasteiger partial charge in [0, 0.05) is 18.7 Å². The number of rotatable bonds is 6. The van der Waals surface area contributed by atoms with Crippen molar-refractivity contribution < 1.29 is 27.8 Å². The number of ether oxygens (including phenoxy) is 1. The van der Waals surface area contributed by atoms with Crippen molar-refractivity contribution >= 4 is 23.3 Å². The van der Waals surface area contributed by atoms with Crippen LogP contribution in [0.15, 0.2) is 30.5 Å². The number of phenolic OH excluding ortho intramolecular Hbond substituents is 1. The lowest BCUT2D eigenvalue weighted by Gasteiger charge is -2.11. The maximum absolute atomic E-state index is 12.4. The Morgan fingerprint density at radius 3 is 2.65 bits per heavy atom. The monoisotopic (exact) mass is 388 g/mol. The molecular formula is C17H16ClF3N2O3. The van der Waals surface area contributed by atoms with Crippen LogP contribution in [0.1, 0.15) is 24.0 Å². The molecule has 0 radical (unpaired) electrons. The van der Waals surface area contributed by atoms with E-state index in [1.165, 1.54) is 12.1 Å². The Kier molecular flexibility index (Phi) is 6.31. The first kappa shape index (κ1) is 19.8. The van der Waals surface area contributed by atoms with E-state index in [1.807, 2.05) is 0 Å². The topological polar surface area (TPSA) is 71.5 Å². The summed E-state index contributed by atoms with van der Waals surface area (Å²) in [5.74, 6) is 0.105. The number of halogens is 4. The number of carbonyl (C=O) groups is 1. The van der Waals surface area contributed by atoms with Crippen LogP contribution in [0.4, 0.5) is 19.0 Å². The number of aryl methyl sites for hydroxylation is 1. The number of hydrogen-bond donors (Lipinski definition) is 2. The van der Waals surface area contributed by atoms with Crippen molar-refractivity contribution in [3.8, 4) is 11.5 Å². The standard InChI is InChI=1S/C17H16ClF3N2O3/c1-10-7-12(24)8-13(18)16(10)26-6-2-3-15(25)23-14-5-4-11(9-22-14)17(19,20)21/h4-5,7-9,24H,2-3,6H2,1H3,(H,22,23,25). The van der Waals surface area contributed by atoms with Gasteiger partial charge in [-0.15, -0.1) is 0 Å². The highest BCUT2D eigenvalue weighted by molar-refractivity contribution is 6.32. The minimum absolute atomic E-state index is 0.0308. The fourth-order valence-electron chi connectivity index (χ4n) is 2.14. The highest BCUT2D eigenvalue weighted by Crippen LogP contribution is 2.32. The molecule has 26 heavy (non-hydrogen) atoms. The predicted octanol–water partition coefficient (Wildman–Crippen LogP) is 4.57. The smallest absolute Gasteiger partial charge is 0.417 e. The largest absolute Gasteiger partial charge is 0.508 e. The van der Waals surface area contributed by atoms with Gasteiger partial charge in [-0.05, 0) is 37.1 Å². The van der Waals surface area contributed by atoms with E-state index in [1.54, 1.807) is 6.92 Å². The van der Waals surface area contributed by atoms with Crippen LogP contribution in [0.5, 0.6) is 11.5 Å². The van der Waals surface area contributed by atoms with Gasteiger partial charge in [0.1, 0.15) is 17.3 Å². The number of alkyl halides is 3. The van der Waals surface area contributed by atoms with Crippen LogP contribution in [-0.4, -0.2) is 22.6 Å². The third-order valence-electron chi connectivity index (χ3n) is 3.37. The summed E-state index contributed by atoms with van der Waals surface area (Å²) in [7, 11) is 0. The molecular weight excluding hydrogens is 373 g/mol. The maximum atomic E-state index is 12.4. The van der Waals surface area contributed by atoms with Crippen molar-refractivity contribution in [1.29, 1.82) is 0 Å². The minimum Gasteiger partial charge on any atom is -0.508 e. The molecule has 0 aliphatic rings. The molecule has 0 aliphatic heterocycles. The molecule has 1 heterocycles. The SMILES string of the molecule is Cc1cc(O)cc(Cl)c1OCCCC(=O)Nc1ccc(C(F)(F)F)cn1. The van der Waals surface area contributed by atoms with E-state index in [0.29, 0.717) is 23.9 Å². The summed E-state index contributed by atoms with van der Waals surface area (Å²) in [5.41, 5.74) is -0.224. The molecule has 2 N–H and O–H groups in total. The van der Waals surface area contributed by atoms with Gasteiger partial charge in [-0.25, -0.2) is 4.98 Å². The van der Waals surface area contributed by atoms with Crippen LogP contribution in [0.2, 0.25) is 5.02 Å². The zero-order valence-electron chi connectivity index (χ0n) is 13.7. The van der Waals surface area contributed by atoms with Gasteiger partial charge >= 0.3 is 6.18 Å². The number of anilines is 1. The average Bonchev–Trinajstić information content (AvgIpc) is 2.52. The number of benzene rings is 1. The van der Waals surface area contributed by atoms with Crippen molar-refractivity contribution in [1.82, 2.24) is 4.98 Å². The molecule has 0 unspecified atom stereocenters. The Hall–Kier alpha value is -2.48. The Balaban J connectivity index is 1.79. The molecule has 5 nitrogen and oxygen atoms in total. The third kappa shape index (κ3) is 5.52. The molecule has 140 valence electrons. The average molecular weight is 389 g/mol. The number of pyridine rings is 1. The quantitative estimate of drug-likeness (QED) is 0.711. The minimum atomic E-state index is -4.47. The van der Waals surface area contributed by atoms with Gasteiger partial charge in [-0.1, -0.05) is 11.6 Å². The van der Waals surface area contributed by atoms with E-state index in [9.17, 15) is 23.1 Å². The van der Waals surface area contributed by atoms with Crippen molar-refractivity contribution in [2.75, 3.05) is 11.9 Å². The number of amides is 1. The lowest BCUT2D eigenvalue weighted by Crippen LogP contribution is -2.14. The van der Waals surface area contributed by atoms with Gasteiger partial charge in [0.25, 0.3) is 0 Å². The molecule has 2 aromatic rings. The summed E-state index contributed by atoms with van der Waals surface area (Å²) in [6, 6.07) is 4.80. The Morgan fingerprint density at radius 1 is 1.35 bits per heavy atom. The lowest BCUT2D eigenvalue weighted by molar-refractivity contribution is -0.137. The zero-order valence-corrected chi connectivity index (χ0v) is 14.5. The summed E-state index contributed by atoms with van der Waals surface area (Å²) >= 11 is 5.98. The zero-order chi connectivity index (χ0) is 19.3. The number of nitrogens with one attached hydrogen (secondary N) is 1. The first-order valence-electron chi connectivity index (χ1n) is 7.62. The highest BCUT2D eigenvalue weighted by Gasteiger charge is 2.30. The van der Waals surface area contributed by atoms with E-state index >= 15 is 0 Å². The van der Waals surface area contributed by atoms with Gasteiger partial charge in [0.15, 0.2) is 0 Å². The van der Waals surface area contributed by atoms with Crippen molar-refractivity contribution in [2.45, 2.75) is 25.9 Å². The highest BCUT2D eigenvalue weighted by atomic mass is 35.5. The van der Waals surface area contributed by atoms with Crippen LogP contribution < -0.4 is 10.1 Å². The predicted molar refractivity (Wildman–Crippen MR) is 90.5 cm³/mol. The maximum Gasteiger partial charge on any atom is 0.417 e. The number of carbonyl (C=O) groups excluding carboxylic acids is 1. The molecule has 0 saturated carbocycles. The summed E-state index contributed by atoms with van der Waals surface area (Å²) in [4.78, 5) is 15.4. The number of aromatic hydroxyl groups is 1. The van der Waals surface area contributed by atoms with E-state index in [-0.39, 0.29) is 29.6 Å². The first-order chi connectivity index (χ1) is 12.2. The van der Waals surface area contributed by atoms with Crippen molar-refractivity contribution in [2.24, 2.45) is 0 Å². The van der Waals surface area contributed by atoms with Crippen LogP contribution in [-0.2, 0) is 11.0 Å². The number of nitrogens with zero attached hydrogens (tertiary/aromatic N) is 1. The first-order valence-corrected chi connectivity index (χ1v) is 7.99. The fourth-order valence-corrected chi connectivity index (χ4v) is 2.46. The van der Waals surface area contributed by atoms with Crippen LogP contribution >= 0.6 is 11.6 Å². The molecule has 9 heteroatoms. The van der Waals surface area contributed by atoms with Gasteiger partial charge in [0.05, 0.1) is 17.2 Å². The van der Waals surface area contributed by atoms with Gasteiger partial charge < -0.3 is 15.2 Å². The molecule has 0 fully saturated rings. The molecule has 1 aromatic heterocycles. The second kappa shape index (κ2) is 8.27. The molecule has 0 aliphatic carbocycles. The number of phenols is 1. The Morgan fingerprint density at radius 2 is 2.08 bits per heavy atom. The van der Waals surface area contributed by atoms with Crippen molar-refractivity contribution in [3.05, 3.63) is 46.6 Å². The lowest BCUT2D eigenvalue weighted by atomic mass is 10.2. The molecule has 1 aromatic carbocycles. The van der Waals surface area contributed by atoms with Crippen LogP contribution in [0, 0.1) is 6.92 Å². The Bertz CT molecular complexity index is 757. The molecule has 0 saturated heterocycles. The molecule has 0 spiro atoms. The second-order valence-electron chi connectivity index (χ2n) is 5.50. The van der Waals surface area contributed by atoms with E-state index in [4.69, 9.17) is 16.3 Å². The fraction of sp³-hybridized carbons (Fsp3) is 0.294. The van der Waals surface area contributed by atoms with Crippen LogP contribution in [0.25, 0.3) is 0 Å². The van der Waals surface area contributed by atoms with Gasteiger partial charge in [-0.3, -0.25) is 4.79 Å². The number of hydrogen-bond acceptors (Lipinski definition) is 4. The van der Waals surface area contributed by atoms with E-state index < -0.39 is 17.6 Å². The van der Waals surface area contributed by atoms with Gasteiger partial charge in [-0.2, -0.15) is 13.2 Å². The molecule has 1 amide bonds. The Labute approximate surface area is 152 Å². The third-order valence-corrected chi connectivity index (χ3v) is 3.65. The summed E-state index contributed by atoms with van der Waals surface area (Å²) < 4.78 is 42.8. The molecule has 0 atom stereocenters. The normalized spacial score (nSPS) is 11.3. The summed E-state index contributed by atoms with van der Waals surface area (Å²) in [6.07, 6.45) is -3.35. The molecule has 2 rings (SSSR count). The number of aromatic nitrogens is 1. The molecule has 0 bridgehead atoms. The van der Waals surface area contributed by atoms with Gasteiger partial charge in [0.2, 0.25) is 5.91 Å². The van der Waals surface area contributed by atoms with E-state index in [2.05, 4.69) is 10.3 Å².